The zero-order valence-electron chi connectivity index (χ0n) is 50.9. The lowest BCUT2D eigenvalue weighted by Gasteiger charge is -2.21. The molecular formula is C58H65ClF11N15O7. The van der Waals surface area contributed by atoms with Crippen LogP contribution < -0.4 is 25.4 Å². The first kappa shape index (κ1) is 75.1. The smallest absolute Gasteiger partial charge is 0.433 e. The van der Waals surface area contributed by atoms with E-state index in [4.69, 9.17) is 21.5 Å². The van der Waals surface area contributed by atoms with Crippen molar-refractivity contribution in [1.82, 2.24) is 58.7 Å². The molecule has 1 aliphatic carbocycles. The first-order chi connectivity index (χ1) is 43.8. The molecule has 92 heavy (non-hydrogen) atoms. The SMILES string of the molecule is CC.CC.CC(Nc1cc(C(F)F)nc2ncnn12)c1ccc(OC(F)F)cc1F.CC1(c2ccc(C(C=O)Nc3cc(C(F)(F)F)nc4ncnn34)cc2)CC1.CCC(=O)C(Nc1cc(C(C)F)nc2ncnn12)c1ccc(OC(F)F)cc1Cl.COC.O=CO. The van der Waals surface area contributed by atoms with Gasteiger partial charge in [0.2, 0.25) is 0 Å². The van der Waals surface area contributed by atoms with Crippen molar-refractivity contribution in [2.45, 2.75) is 130 Å². The normalized spacial score (nSPS) is 13.3. The van der Waals surface area contributed by atoms with E-state index in [1.807, 2.05) is 52.0 Å². The summed E-state index contributed by atoms with van der Waals surface area (Å²) in [6, 6.07) is 15.6. The summed E-state index contributed by atoms with van der Waals surface area (Å²) in [5.74, 6) is -1.17. The number of anilines is 3. The lowest BCUT2D eigenvalue weighted by atomic mass is 9.96. The van der Waals surface area contributed by atoms with Crippen molar-refractivity contribution in [2.75, 3.05) is 30.2 Å². The number of ketones is 1. The highest BCUT2D eigenvalue weighted by Crippen LogP contribution is 2.47. The fourth-order valence-electron chi connectivity index (χ4n) is 8.10. The fourth-order valence-corrected chi connectivity index (χ4v) is 8.38. The van der Waals surface area contributed by atoms with Crippen LogP contribution in [0.2, 0.25) is 5.02 Å². The maximum atomic E-state index is 14.2. The third kappa shape index (κ3) is 20.6. The standard InChI is InChI=1S/C18H17ClF3N5O2.C18H16F3N5O.C15H12F5N5O.C2H6O.2C2H6.CH2O2/c1-3-14(28)16(11-5-4-10(6-12(11)19)29-17(21)22)26-15-7-13(9(2)20)25-18-23-8-24-27(15)18;1-17(6-7-17)12-4-2-11(3-5-12)13(9-27)24-15-8-14(18(19,20)21)25-16-22-10-23-26(15)16;1-7(9-3-2-8(4-10(9)16)26-14(19)20)23-12-5-11(13(17)18)24-15-21-6-22-25(12)15;1-3-2;2*1-2;2-1-3/h4-9,16-17,26H,3H2,1-2H3;2-5,8-10,13,24H,6-7H2,1H3;2-7,13-14,23H,1H3;1-2H3;2*1-2H3;1H,(H,2,3). The summed E-state index contributed by atoms with van der Waals surface area (Å²) in [5, 5.41) is 27.4. The van der Waals surface area contributed by atoms with Gasteiger partial charge in [-0.3, -0.25) is 9.59 Å². The van der Waals surface area contributed by atoms with Crippen LogP contribution in [0.1, 0.15) is 145 Å². The van der Waals surface area contributed by atoms with Crippen molar-refractivity contribution < 1.29 is 82.0 Å². The summed E-state index contributed by atoms with van der Waals surface area (Å²) in [5.41, 5.74) is 1.00. The van der Waals surface area contributed by atoms with E-state index in [2.05, 4.69) is 82.3 Å². The van der Waals surface area contributed by atoms with Gasteiger partial charge in [-0.05, 0) is 61.4 Å². The van der Waals surface area contributed by atoms with E-state index in [-0.39, 0.29) is 86.7 Å². The number of benzene rings is 3. The number of nitrogens with zero attached hydrogens (tertiary/aromatic N) is 12. The van der Waals surface area contributed by atoms with Gasteiger partial charge in [-0.2, -0.15) is 74.5 Å². The Morgan fingerprint density at radius 2 is 1.14 bits per heavy atom. The first-order valence-electron chi connectivity index (χ1n) is 27.7. The summed E-state index contributed by atoms with van der Waals surface area (Å²) in [4.78, 5) is 55.2. The van der Waals surface area contributed by atoms with Gasteiger partial charge in [-0.15, -0.1) is 0 Å². The van der Waals surface area contributed by atoms with Gasteiger partial charge in [0.15, 0.2) is 11.5 Å². The van der Waals surface area contributed by atoms with Crippen LogP contribution in [0.5, 0.6) is 11.5 Å². The molecule has 0 amide bonds. The molecule has 6 aromatic heterocycles. The molecule has 6 heterocycles. The van der Waals surface area contributed by atoms with E-state index in [0.717, 1.165) is 48.2 Å². The topological polar surface area (TPSA) is 264 Å². The Bertz CT molecular complexity index is 3780. The van der Waals surface area contributed by atoms with Crippen LogP contribution in [0.4, 0.5) is 65.7 Å². The number of fused-ring (bicyclic) bond motifs is 3. The molecule has 1 aliphatic rings. The van der Waals surface area contributed by atoms with Crippen molar-refractivity contribution in [3.05, 3.63) is 148 Å². The number of carbonyl (C=O) groups is 3. The largest absolute Gasteiger partial charge is 0.483 e. The van der Waals surface area contributed by atoms with Crippen molar-refractivity contribution in [1.29, 1.82) is 0 Å². The number of methoxy groups -OCH3 is 1. The van der Waals surface area contributed by atoms with Crippen LogP contribution in [-0.4, -0.2) is 110 Å². The number of aldehydes is 1. The first-order valence-corrected chi connectivity index (χ1v) is 28.1. The average Bonchev–Trinajstić information content (AvgIpc) is 1.56. The minimum absolute atomic E-state index is 0.0137. The van der Waals surface area contributed by atoms with E-state index >= 15 is 0 Å². The maximum absolute atomic E-state index is 14.2. The number of rotatable bonds is 19. The molecule has 4 unspecified atom stereocenters. The average molecular weight is 1330 g/mol. The Morgan fingerprint density at radius 1 is 0.685 bits per heavy atom. The van der Waals surface area contributed by atoms with E-state index in [1.54, 1.807) is 28.1 Å². The molecule has 498 valence electrons. The number of alkyl halides is 10. The molecule has 3 aromatic carbocycles. The summed E-state index contributed by atoms with van der Waals surface area (Å²) in [6.45, 7) is 8.42. The van der Waals surface area contributed by atoms with Crippen LogP contribution >= 0.6 is 11.6 Å². The lowest BCUT2D eigenvalue weighted by Crippen LogP contribution is -2.22. The highest BCUT2D eigenvalue weighted by molar-refractivity contribution is 6.31. The summed E-state index contributed by atoms with van der Waals surface area (Å²) in [6.07, 6.45) is -2.26. The number of nitrogens with one attached hydrogen (secondary N) is 3. The van der Waals surface area contributed by atoms with Gasteiger partial charge < -0.3 is 40.1 Å². The van der Waals surface area contributed by atoms with E-state index in [9.17, 15) is 57.9 Å². The Balaban J connectivity index is 0.000000275. The van der Waals surface area contributed by atoms with Gasteiger partial charge in [0.1, 0.15) is 84.0 Å². The second-order valence-corrected chi connectivity index (χ2v) is 19.2. The van der Waals surface area contributed by atoms with Gasteiger partial charge >= 0.3 is 19.4 Å². The summed E-state index contributed by atoms with van der Waals surface area (Å²) >= 11 is 6.23. The third-order valence-corrected chi connectivity index (χ3v) is 12.9. The van der Waals surface area contributed by atoms with Gasteiger partial charge in [-0.25, -0.2) is 32.5 Å². The van der Waals surface area contributed by atoms with Gasteiger partial charge in [0, 0.05) is 61.1 Å². The van der Waals surface area contributed by atoms with Gasteiger partial charge in [0.05, 0.1) is 11.7 Å². The number of Topliss-reactive ketones (excluding diaryl/α,β-unsaturated/α-hetero) is 1. The van der Waals surface area contributed by atoms with Crippen molar-refractivity contribution in [3.63, 3.8) is 0 Å². The molecule has 1 saturated carbocycles. The zero-order valence-corrected chi connectivity index (χ0v) is 51.6. The van der Waals surface area contributed by atoms with E-state index < -0.39 is 67.3 Å². The van der Waals surface area contributed by atoms with Crippen molar-refractivity contribution in [3.8, 4) is 11.5 Å². The number of carboxylic acid groups (broad SMARTS) is 1. The predicted molar refractivity (Wildman–Crippen MR) is 316 cm³/mol. The number of hydrogen-bond donors (Lipinski definition) is 4. The molecule has 34 heteroatoms. The minimum Gasteiger partial charge on any atom is -0.483 e. The fraction of sp³-hybridized carbons (Fsp3) is 0.379. The van der Waals surface area contributed by atoms with Gasteiger partial charge in [0.25, 0.3) is 30.2 Å². The Kier molecular flexibility index (Phi) is 28.8. The van der Waals surface area contributed by atoms with Crippen LogP contribution in [0.25, 0.3) is 17.3 Å². The highest BCUT2D eigenvalue weighted by Gasteiger charge is 2.39. The van der Waals surface area contributed by atoms with E-state index in [0.29, 0.717) is 17.4 Å². The van der Waals surface area contributed by atoms with E-state index in [1.165, 1.54) is 64.2 Å². The van der Waals surface area contributed by atoms with Crippen LogP contribution in [0.15, 0.2) is 97.8 Å². The molecule has 22 nitrogen and oxygen atoms in total. The van der Waals surface area contributed by atoms with Crippen LogP contribution in [0, 0.1) is 5.82 Å². The predicted octanol–water partition coefficient (Wildman–Crippen LogP) is 14.1. The van der Waals surface area contributed by atoms with Crippen molar-refractivity contribution >= 4 is 64.9 Å². The third-order valence-electron chi connectivity index (χ3n) is 12.6. The highest BCUT2D eigenvalue weighted by atomic mass is 35.5. The maximum Gasteiger partial charge on any atom is 0.433 e. The summed E-state index contributed by atoms with van der Waals surface area (Å²) < 4.78 is 159. The summed E-state index contributed by atoms with van der Waals surface area (Å²) in [7, 11) is 3.25. The molecule has 0 saturated heterocycles. The quantitative estimate of drug-likeness (QED) is 0.0433. The van der Waals surface area contributed by atoms with Crippen LogP contribution in [0.3, 0.4) is 0 Å². The minimum atomic E-state index is -4.64. The molecular weight excluding hydrogens is 1260 g/mol. The second kappa shape index (κ2) is 35.3. The molecule has 1 fully saturated rings. The molecule has 0 aliphatic heterocycles. The van der Waals surface area contributed by atoms with Gasteiger partial charge in [-0.1, -0.05) is 89.5 Å². The van der Waals surface area contributed by atoms with Crippen molar-refractivity contribution in [2.24, 2.45) is 0 Å². The lowest BCUT2D eigenvalue weighted by molar-refractivity contribution is -0.141. The van der Waals surface area contributed by atoms with Crippen LogP contribution in [-0.2, 0) is 30.7 Å². The Morgan fingerprint density at radius 3 is 1.58 bits per heavy atom. The Labute approximate surface area is 523 Å². The number of aromatic nitrogens is 12. The number of carbonyl (C=O) groups excluding carboxylic acids is 2. The zero-order chi connectivity index (χ0) is 68.6. The molecule has 9 aromatic rings. The molecule has 4 atom stereocenters. The molecule has 0 bridgehead atoms. The number of halogens is 12. The number of ether oxygens (including phenoxy) is 3. The number of hydrogen-bond acceptors (Lipinski definition) is 18. The molecule has 0 radical (unpaired) electrons. The molecule has 0 spiro atoms. The second-order valence-electron chi connectivity index (χ2n) is 18.8. The monoisotopic (exact) mass is 1330 g/mol. The molecule has 10 rings (SSSR count). The molecule has 4 N–H and O–H groups in total. The Hall–Kier alpha value is -9.40.